The molecule has 56 heavy (non-hydrogen) atoms. The Morgan fingerprint density at radius 3 is 2.20 bits per heavy atom. The van der Waals surface area contributed by atoms with Gasteiger partial charge in [-0.15, -0.1) is 47.5 Å². The number of pyridine rings is 3. The Kier molecular flexibility index (Phi) is 10.9. The summed E-state index contributed by atoms with van der Waals surface area (Å²) in [5.41, 5.74) is 16.0. The standard InChI is InChI=1S/C32H27N2O.C19H16N.Ir/c1-19-15-23-16-24(32(3,4)5)11-10-21(23)17-28(19)22-13-14-33-29(18-22)27-8-6-7-25-26-12-9-20(2)34-31(26)35-30(25)27;1-14-8-11-19(20-13-14)17-10-9-15(2)18(12-17)16-6-4-3-5-7-16;/h6-7,9-18H,1-5H3;3-9,11-13H,1-2H3;/q2*-1;. The SMILES string of the molecule is Cc1ccc(-c2[c-]cc(C)c(-c3ccccc3)c2)nc1.Cc1ccc2c(n1)oc1c(-c3cc(-c4cc5ccc(C(C)(C)C)cc5cc4C)ccn3)[c-]ccc12.[Ir]. The molecule has 5 heteroatoms. The fraction of sp³-hybridized carbons (Fsp3) is 0.157. The fourth-order valence-electron chi connectivity index (χ4n) is 7.10. The van der Waals surface area contributed by atoms with Crippen LogP contribution in [-0.2, 0) is 25.5 Å². The Balaban J connectivity index is 0.000000195. The van der Waals surface area contributed by atoms with Crippen molar-refractivity contribution in [3.63, 3.8) is 0 Å². The molecule has 1 radical (unpaired) electrons. The summed E-state index contributed by atoms with van der Waals surface area (Å²) < 4.78 is 6.20. The van der Waals surface area contributed by atoms with E-state index in [1.165, 1.54) is 49.7 Å². The maximum absolute atomic E-state index is 6.20. The van der Waals surface area contributed by atoms with Crippen molar-refractivity contribution in [2.75, 3.05) is 0 Å². The first-order valence-electron chi connectivity index (χ1n) is 18.7. The smallest absolute Gasteiger partial charge is 0.216 e. The predicted molar refractivity (Wildman–Crippen MR) is 228 cm³/mol. The number of aryl methyl sites for hydroxylation is 4. The molecule has 0 unspecified atom stereocenters. The van der Waals surface area contributed by atoms with Gasteiger partial charge in [-0.25, -0.2) is 4.98 Å². The van der Waals surface area contributed by atoms with E-state index < -0.39 is 0 Å². The topological polar surface area (TPSA) is 51.8 Å². The van der Waals surface area contributed by atoms with E-state index >= 15 is 0 Å². The zero-order valence-electron chi connectivity index (χ0n) is 32.8. The summed E-state index contributed by atoms with van der Waals surface area (Å²) in [5.74, 6) is 0. The zero-order valence-corrected chi connectivity index (χ0v) is 35.2. The molecule has 0 aliphatic rings. The first kappa shape index (κ1) is 38.5. The first-order valence-corrected chi connectivity index (χ1v) is 18.7. The van der Waals surface area contributed by atoms with Crippen molar-refractivity contribution >= 4 is 32.8 Å². The minimum atomic E-state index is 0. The van der Waals surface area contributed by atoms with E-state index in [1.54, 1.807) is 0 Å². The van der Waals surface area contributed by atoms with Crippen LogP contribution in [0.2, 0.25) is 0 Å². The second kappa shape index (κ2) is 15.8. The average Bonchev–Trinajstić information content (AvgIpc) is 3.56. The normalized spacial score (nSPS) is 11.3. The van der Waals surface area contributed by atoms with Crippen LogP contribution in [0.15, 0.2) is 138 Å². The van der Waals surface area contributed by atoms with Crippen molar-refractivity contribution in [2.24, 2.45) is 0 Å². The summed E-state index contributed by atoms with van der Waals surface area (Å²) in [6.45, 7) is 15.1. The molecule has 0 fully saturated rings. The van der Waals surface area contributed by atoms with Crippen molar-refractivity contribution in [2.45, 2.75) is 53.9 Å². The van der Waals surface area contributed by atoms with Crippen LogP contribution in [0.1, 0.15) is 48.7 Å². The summed E-state index contributed by atoms with van der Waals surface area (Å²) in [5, 5.41) is 4.56. The van der Waals surface area contributed by atoms with E-state index in [2.05, 4.69) is 142 Å². The molecular formula is C51H43IrN3O-2. The van der Waals surface area contributed by atoms with Gasteiger partial charge < -0.3 is 14.4 Å². The number of furan rings is 1. The molecule has 0 aliphatic heterocycles. The van der Waals surface area contributed by atoms with Crippen LogP contribution >= 0.6 is 0 Å². The number of hydrogen-bond acceptors (Lipinski definition) is 4. The van der Waals surface area contributed by atoms with E-state index in [9.17, 15) is 0 Å². The van der Waals surface area contributed by atoms with Crippen molar-refractivity contribution in [1.82, 2.24) is 15.0 Å². The first-order chi connectivity index (χ1) is 26.5. The van der Waals surface area contributed by atoms with Gasteiger partial charge in [0.15, 0.2) is 0 Å². The number of aromatic nitrogens is 3. The molecule has 0 saturated heterocycles. The summed E-state index contributed by atoms with van der Waals surface area (Å²) >= 11 is 0. The third-order valence-corrected chi connectivity index (χ3v) is 10.2. The quantitative estimate of drug-likeness (QED) is 0.165. The number of rotatable bonds is 4. The monoisotopic (exact) mass is 906 g/mol. The Morgan fingerprint density at radius 1 is 0.625 bits per heavy atom. The second-order valence-corrected chi connectivity index (χ2v) is 15.4. The van der Waals surface area contributed by atoms with Gasteiger partial charge in [0.2, 0.25) is 5.71 Å². The molecule has 4 nitrogen and oxygen atoms in total. The van der Waals surface area contributed by atoms with Gasteiger partial charge in [0.25, 0.3) is 0 Å². The minimum Gasteiger partial charge on any atom is -0.486 e. The number of benzene rings is 5. The van der Waals surface area contributed by atoms with Crippen LogP contribution < -0.4 is 0 Å². The Bertz CT molecular complexity index is 2830. The summed E-state index contributed by atoms with van der Waals surface area (Å²) in [7, 11) is 0. The summed E-state index contributed by atoms with van der Waals surface area (Å²) in [4.78, 5) is 13.7. The molecule has 0 amide bonds. The molecule has 4 aromatic heterocycles. The Labute approximate surface area is 343 Å². The Morgan fingerprint density at radius 2 is 1.43 bits per heavy atom. The molecule has 9 aromatic rings. The zero-order chi connectivity index (χ0) is 38.3. The third kappa shape index (κ3) is 7.84. The predicted octanol–water partition coefficient (Wildman–Crippen LogP) is 13.4. The van der Waals surface area contributed by atoms with Crippen LogP contribution in [0.3, 0.4) is 0 Å². The van der Waals surface area contributed by atoms with Gasteiger partial charge in [0, 0.05) is 43.6 Å². The largest absolute Gasteiger partial charge is 0.486 e. The van der Waals surface area contributed by atoms with Gasteiger partial charge in [-0.1, -0.05) is 117 Å². The molecule has 0 spiro atoms. The van der Waals surface area contributed by atoms with Crippen LogP contribution in [0.4, 0.5) is 0 Å². The number of fused-ring (bicyclic) bond motifs is 4. The second-order valence-electron chi connectivity index (χ2n) is 15.4. The van der Waals surface area contributed by atoms with E-state index in [1.807, 2.05) is 62.6 Å². The van der Waals surface area contributed by atoms with Gasteiger partial charge in [-0.2, -0.15) is 0 Å². The van der Waals surface area contributed by atoms with Crippen molar-refractivity contribution in [3.8, 4) is 44.8 Å². The van der Waals surface area contributed by atoms with Crippen LogP contribution in [0, 0.1) is 39.8 Å². The molecule has 5 aromatic carbocycles. The summed E-state index contributed by atoms with van der Waals surface area (Å²) in [6.07, 6.45) is 3.76. The minimum absolute atomic E-state index is 0. The van der Waals surface area contributed by atoms with Gasteiger partial charge in [-0.3, -0.25) is 0 Å². The average molecular weight is 906 g/mol. The molecule has 279 valence electrons. The summed E-state index contributed by atoms with van der Waals surface area (Å²) in [6, 6.07) is 49.1. The fourth-order valence-corrected chi connectivity index (χ4v) is 7.10. The van der Waals surface area contributed by atoms with E-state index in [4.69, 9.17) is 9.40 Å². The molecule has 0 atom stereocenters. The van der Waals surface area contributed by atoms with E-state index in [-0.39, 0.29) is 25.5 Å². The Hall–Kier alpha value is -5.74. The van der Waals surface area contributed by atoms with Crippen LogP contribution in [-0.4, -0.2) is 15.0 Å². The molecule has 9 rings (SSSR count). The molecule has 0 bridgehead atoms. The van der Waals surface area contributed by atoms with Crippen LogP contribution in [0.5, 0.6) is 0 Å². The third-order valence-electron chi connectivity index (χ3n) is 10.2. The van der Waals surface area contributed by atoms with E-state index in [0.717, 1.165) is 50.1 Å². The van der Waals surface area contributed by atoms with E-state index in [0.29, 0.717) is 5.71 Å². The maximum atomic E-state index is 6.20. The number of nitrogens with zero attached hydrogens (tertiary/aromatic N) is 3. The van der Waals surface area contributed by atoms with Crippen molar-refractivity contribution in [3.05, 3.63) is 174 Å². The number of hydrogen-bond donors (Lipinski definition) is 0. The van der Waals surface area contributed by atoms with Gasteiger partial charge in [0.1, 0.15) is 0 Å². The van der Waals surface area contributed by atoms with Crippen molar-refractivity contribution < 1.29 is 24.5 Å². The van der Waals surface area contributed by atoms with Gasteiger partial charge >= 0.3 is 0 Å². The molecular weight excluding hydrogens is 863 g/mol. The molecule has 0 aliphatic carbocycles. The molecule has 0 saturated carbocycles. The molecule has 4 heterocycles. The van der Waals surface area contributed by atoms with Gasteiger partial charge in [0.05, 0.1) is 5.58 Å². The van der Waals surface area contributed by atoms with Crippen LogP contribution in [0.25, 0.3) is 77.6 Å². The molecule has 0 N–H and O–H groups in total. The maximum Gasteiger partial charge on any atom is 0.216 e. The van der Waals surface area contributed by atoms with Crippen molar-refractivity contribution in [1.29, 1.82) is 0 Å². The van der Waals surface area contributed by atoms with Gasteiger partial charge in [-0.05, 0) is 106 Å².